The molecular formula is C13H23N. The first kappa shape index (κ1) is 13.2. The van der Waals surface area contributed by atoms with E-state index in [-0.39, 0.29) is 5.54 Å². The molecule has 14 heavy (non-hydrogen) atoms. The fraction of sp³-hybridized carbons (Fsp3) is 0.538. The second-order valence-corrected chi connectivity index (χ2v) is 3.82. The molecule has 1 nitrogen and oxygen atoms in total. The van der Waals surface area contributed by atoms with E-state index in [1.807, 2.05) is 19.2 Å². The van der Waals surface area contributed by atoms with E-state index >= 15 is 0 Å². The Morgan fingerprint density at radius 3 is 2.43 bits per heavy atom. The Bertz CT molecular complexity index is 209. The van der Waals surface area contributed by atoms with Crippen molar-refractivity contribution in [3.05, 3.63) is 37.0 Å². The summed E-state index contributed by atoms with van der Waals surface area (Å²) in [5.74, 6) is 0.520. The maximum atomic E-state index is 3.63. The summed E-state index contributed by atoms with van der Waals surface area (Å²) in [7, 11) is 2.02. The lowest BCUT2D eigenvalue weighted by molar-refractivity contribution is 0.295. The van der Waals surface area contributed by atoms with Crippen LogP contribution in [0.4, 0.5) is 0 Å². The maximum Gasteiger partial charge on any atom is 0.0207 e. The van der Waals surface area contributed by atoms with Crippen molar-refractivity contribution in [1.82, 2.24) is 5.32 Å². The fourth-order valence-corrected chi connectivity index (χ4v) is 1.31. The lowest BCUT2D eigenvalue weighted by Crippen LogP contribution is -2.44. The molecular weight excluding hydrogens is 170 g/mol. The highest BCUT2D eigenvalue weighted by Crippen LogP contribution is 2.21. The molecule has 0 fully saturated rings. The lowest BCUT2D eigenvalue weighted by atomic mass is 9.84. The summed E-state index contributed by atoms with van der Waals surface area (Å²) in [6.07, 6.45) is 11.2. The summed E-state index contributed by atoms with van der Waals surface area (Å²) in [4.78, 5) is 0. The Morgan fingerprint density at radius 2 is 2.00 bits per heavy atom. The van der Waals surface area contributed by atoms with Crippen LogP contribution in [-0.2, 0) is 0 Å². The van der Waals surface area contributed by atoms with Gasteiger partial charge in [-0.1, -0.05) is 50.8 Å². The third-order valence-electron chi connectivity index (χ3n) is 3.07. The van der Waals surface area contributed by atoms with E-state index in [1.54, 1.807) is 6.08 Å². The summed E-state index contributed by atoms with van der Waals surface area (Å²) in [5.41, 5.74) is 0.193. The average Bonchev–Trinajstić information content (AvgIpc) is 2.22. The number of allylic oxidation sites excluding steroid dienone is 4. The third kappa shape index (κ3) is 3.93. The number of hydrogen-bond acceptors (Lipinski definition) is 1. The number of hydrogen-bond donors (Lipinski definition) is 1. The van der Waals surface area contributed by atoms with Crippen LogP contribution < -0.4 is 5.32 Å². The van der Waals surface area contributed by atoms with Crippen LogP contribution in [0.25, 0.3) is 0 Å². The third-order valence-corrected chi connectivity index (χ3v) is 3.07. The Kier molecular flexibility index (Phi) is 6.22. The monoisotopic (exact) mass is 193 g/mol. The van der Waals surface area contributed by atoms with Crippen LogP contribution in [0.3, 0.4) is 0 Å². The SMILES string of the molecule is C=C/C=C/C=C/C(C)C(C)(CC)NC. The van der Waals surface area contributed by atoms with Gasteiger partial charge in [0.25, 0.3) is 0 Å². The lowest BCUT2D eigenvalue weighted by Gasteiger charge is -2.32. The fourth-order valence-electron chi connectivity index (χ4n) is 1.31. The molecule has 0 saturated carbocycles. The molecule has 0 spiro atoms. The Balaban J connectivity index is 4.30. The van der Waals surface area contributed by atoms with Crippen molar-refractivity contribution in [2.24, 2.45) is 5.92 Å². The van der Waals surface area contributed by atoms with Gasteiger partial charge in [0.05, 0.1) is 0 Å². The Labute approximate surface area is 88.6 Å². The zero-order valence-electron chi connectivity index (χ0n) is 9.88. The molecule has 2 atom stereocenters. The zero-order chi connectivity index (χ0) is 11.0. The van der Waals surface area contributed by atoms with Crippen LogP contribution >= 0.6 is 0 Å². The summed E-state index contributed by atoms with van der Waals surface area (Å²) < 4.78 is 0. The van der Waals surface area contributed by atoms with Gasteiger partial charge >= 0.3 is 0 Å². The average molecular weight is 193 g/mol. The second-order valence-electron chi connectivity index (χ2n) is 3.82. The van der Waals surface area contributed by atoms with Crippen molar-refractivity contribution in [1.29, 1.82) is 0 Å². The van der Waals surface area contributed by atoms with Gasteiger partial charge in [-0.05, 0) is 26.3 Å². The van der Waals surface area contributed by atoms with E-state index in [0.29, 0.717) is 5.92 Å². The van der Waals surface area contributed by atoms with Crippen molar-refractivity contribution >= 4 is 0 Å². The molecule has 0 rings (SSSR count). The molecule has 1 heteroatoms. The molecule has 0 bridgehead atoms. The Hall–Kier alpha value is -0.820. The Morgan fingerprint density at radius 1 is 1.36 bits per heavy atom. The smallest absolute Gasteiger partial charge is 0.0207 e. The van der Waals surface area contributed by atoms with Crippen molar-refractivity contribution in [2.75, 3.05) is 7.05 Å². The van der Waals surface area contributed by atoms with Crippen LogP contribution in [0.15, 0.2) is 37.0 Å². The highest BCUT2D eigenvalue weighted by atomic mass is 14.9. The van der Waals surface area contributed by atoms with Crippen LogP contribution in [-0.4, -0.2) is 12.6 Å². The van der Waals surface area contributed by atoms with Crippen molar-refractivity contribution < 1.29 is 0 Å². The molecule has 0 aliphatic rings. The maximum absolute atomic E-state index is 3.63. The molecule has 0 aromatic rings. The summed E-state index contributed by atoms with van der Waals surface area (Å²) >= 11 is 0. The van der Waals surface area contributed by atoms with E-state index in [1.165, 1.54) is 0 Å². The van der Waals surface area contributed by atoms with Gasteiger partial charge in [-0.2, -0.15) is 0 Å². The minimum absolute atomic E-state index is 0.193. The molecule has 0 heterocycles. The molecule has 0 radical (unpaired) electrons. The van der Waals surface area contributed by atoms with Gasteiger partial charge in [-0.15, -0.1) is 0 Å². The van der Waals surface area contributed by atoms with E-state index in [9.17, 15) is 0 Å². The van der Waals surface area contributed by atoms with Crippen LogP contribution in [0.2, 0.25) is 0 Å². The number of rotatable bonds is 6. The summed E-state index contributed by atoms with van der Waals surface area (Å²) in [5, 5.41) is 3.37. The topological polar surface area (TPSA) is 12.0 Å². The largest absolute Gasteiger partial charge is 0.314 e. The molecule has 0 saturated heterocycles. The predicted molar refractivity (Wildman–Crippen MR) is 65.4 cm³/mol. The molecule has 0 aromatic heterocycles. The van der Waals surface area contributed by atoms with Crippen molar-refractivity contribution in [3.8, 4) is 0 Å². The standard InChI is InChI=1S/C13H23N/c1-6-8-9-10-11-12(3)13(4,7-2)14-5/h6,8-12,14H,1,7H2,2-5H3/b9-8+,11-10+. The van der Waals surface area contributed by atoms with Gasteiger partial charge in [0.2, 0.25) is 0 Å². The molecule has 0 aliphatic heterocycles. The van der Waals surface area contributed by atoms with Crippen LogP contribution in [0, 0.1) is 5.92 Å². The molecule has 80 valence electrons. The molecule has 0 amide bonds. The molecule has 2 unspecified atom stereocenters. The first-order chi connectivity index (χ1) is 6.60. The summed E-state index contributed by atoms with van der Waals surface area (Å²) in [6, 6.07) is 0. The van der Waals surface area contributed by atoms with Crippen molar-refractivity contribution in [3.63, 3.8) is 0 Å². The molecule has 0 aliphatic carbocycles. The highest BCUT2D eigenvalue weighted by molar-refractivity contribution is 5.11. The van der Waals surface area contributed by atoms with Gasteiger partial charge in [0.15, 0.2) is 0 Å². The molecule has 1 N–H and O–H groups in total. The minimum Gasteiger partial charge on any atom is -0.314 e. The van der Waals surface area contributed by atoms with Crippen LogP contribution in [0.5, 0.6) is 0 Å². The highest BCUT2D eigenvalue weighted by Gasteiger charge is 2.24. The van der Waals surface area contributed by atoms with Gasteiger partial charge in [0.1, 0.15) is 0 Å². The van der Waals surface area contributed by atoms with Gasteiger partial charge in [-0.25, -0.2) is 0 Å². The van der Waals surface area contributed by atoms with Crippen molar-refractivity contribution in [2.45, 2.75) is 32.7 Å². The summed E-state index contributed by atoms with van der Waals surface area (Å²) in [6.45, 7) is 10.3. The van der Waals surface area contributed by atoms with E-state index in [4.69, 9.17) is 0 Å². The van der Waals surface area contributed by atoms with Gasteiger partial charge in [0, 0.05) is 5.54 Å². The van der Waals surface area contributed by atoms with Gasteiger partial charge in [-0.3, -0.25) is 0 Å². The normalized spacial score (nSPS) is 18.6. The quantitative estimate of drug-likeness (QED) is 0.638. The second kappa shape index (κ2) is 6.61. The van der Waals surface area contributed by atoms with E-state index in [2.05, 4.69) is 44.8 Å². The predicted octanol–water partition coefficient (Wildman–Crippen LogP) is 3.31. The van der Waals surface area contributed by atoms with Gasteiger partial charge < -0.3 is 5.32 Å². The first-order valence-electron chi connectivity index (χ1n) is 5.25. The minimum atomic E-state index is 0.193. The number of nitrogens with one attached hydrogen (secondary N) is 1. The van der Waals surface area contributed by atoms with E-state index in [0.717, 1.165) is 6.42 Å². The molecule has 0 aromatic carbocycles. The first-order valence-corrected chi connectivity index (χ1v) is 5.25. The zero-order valence-corrected chi connectivity index (χ0v) is 9.88. The van der Waals surface area contributed by atoms with Crippen LogP contribution in [0.1, 0.15) is 27.2 Å². The van der Waals surface area contributed by atoms with E-state index < -0.39 is 0 Å².